The summed E-state index contributed by atoms with van der Waals surface area (Å²) in [7, 11) is 1.06. The van der Waals surface area contributed by atoms with Crippen LogP contribution in [0.2, 0.25) is 0 Å². The Balaban J connectivity index is 2.46. The van der Waals surface area contributed by atoms with Gasteiger partial charge >= 0.3 is 12.1 Å². The molecule has 0 spiro atoms. The molecule has 0 aromatic carbocycles. The number of rotatable bonds is 2. The maximum absolute atomic E-state index is 12.7. The van der Waals surface area contributed by atoms with Crippen LogP contribution >= 0.6 is 0 Å². The van der Waals surface area contributed by atoms with Crippen molar-refractivity contribution in [3.05, 3.63) is 17.0 Å². The van der Waals surface area contributed by atoms with Crippen molar-refractivity contribution in [2.75, 3.05) is 7.11 Å². The number of hydrogen-bond acceptors (Lipinski definition) is 3. The van der Waals surface area contributed by atoms with E-state index in [0.717, 1.165) is 26.4 Å². The molecule has 0 amide bonds. The fraction of sp³-hybridized carbons (Fsp3) is 0.600. The van der Waals surface area contributed by atoms with E-state index in [9.17, 15) is 18.0 Å². The monoisotopic (exact) mass is 248 g/mol. The third-order valence-electron chi connectivity index (χ3n) is 2.97. The zero-order chi connectivity index (χ0) is 12.6. The molecule has 1 N–H and O–H groups in total. The van der Waals surface area contributed by atoms with Gasteiger partial charge in [-0.3, -0.25) is 5.10 Å². The molecule has 7 heteroatoms. The van der Waals surface area contributed by atoms with Crippen molar-refractivity contribution in [3.63, 3.8) is 0 Å². The predicted octanol–water partition coefficient (Wildman–Crippen LogP) is 2.48. The van der Waals surface area contributed by atoms with E-state index in [1.165, 1.54) is 0 Å². The number of ether oxygens (including phenoxy) is 1. The first-order valence-corrected chi connectivity index (χ1v) is 5.19. The number of alkyl halides is 3. The van der Waals surface area contributed by atoms with E-state index < -0.39 is 23.4 Å². The van der Waals surface area contributed by atoms with Crippen LogP contribution in [0.15, 0.2) is 0 Å². The smallest absolute Gasteiger partial charge is 0.436 e. The molecule has 1 aliphatic carbocycles. The number of esters is 1. The summed E-state index contributed by atoms with van der Waals surface area (Å²) in [5, 5.41) is 5.54. The average molecular weight is 248 g/mol. The summed E-state index contributed by atoms with van der Waals surface area (Å²) in [6.45, 7) is 0. The summed E-state index contributed by atoms with van der Waals surface area (Å²) in [6.07, 6.45) is -2.17. The van der Waals surface area contributed by atoms with Crippen LogP contribution in [0.1, 0.15) is 46.9 Å². The fourth-order valence-corrected chi connectivity index (χ4v) is 1.86. The van der Waals surface area contributed by atoms with E-state index in [2.05, 4.69) is 14.9 Å². The van der Waals surface area contributed by atoms with Gasteiger partial charge in [0.25, 0.3) is 0 Å². The van der Waals surface area contributed by atoms with Gasteiger partial charge in [-0.1, -0.05) is 6.42 Å². The maximum atomic E-state index is 12.7. The van der Waals surface area contributed by atoms with E-state index in [0.29, 0.717) is 0 Å². The molecule has 4 nitrogen and oxygen atoms in total. The van der Waals surface area contributed by atoms with Gasteiger partial charge in [0.05, 0.1) is 12.8 Å². The van der Waals surface area contributed by atoms with Gasteiger partial charge in [-0.25, -0.2) is 4.79 Å². The minimum atomic E-state index is -4.65. The Morgan fingerprint density at radius 3 is 2.53 bits per heavy atom. The number of hydrogen-bond donors (Lipinski definition) is 1. The molecule has 0 aliphatic heterocycles. The number of aromatic amines is 1. The topological polar surface area (TPSA) is 55.0 Å². The van der Waals surface area contributed by atoms with Crippen LogP contribution in [-0.2, 0) is 10.9 Å². The second-order valence-corrected chi connectivity index (χ2v) is 3.98. The lowest BCUT2D eigenvalue weighted by atomic mass is 9.81. The van der Waals surface area contributed by atoms with Crippen molar-refractivity contribution in [2.24, 2.45) is 0 Å². The maximum Gasteiger partial charge on any atom is 0.436 e. The van der Waals surface area contributed by atoms with Crippen molar-refractivity contribution in [3.8, 4) is 0 Å². The van der Waals surface area contributed by atoms with Gasteiger partial charge in [0.1, 0.15) is 5.56 Å². The number of aromatic nitrogens is 2. The molecule has 0 bridgehead atoms. The summed E-state index contributed by atoms with van der Waals surface area (Å²) < 4.78 is 42.4. The zero-order valence-corrected chi connectivity index (χ0v) is 9.10. The zero-order valence-electron chi connectivity index (χ0n) is 9.10. The van der Waals surface area contributed by atoms with E-state index >= 15 is 0 Å². The highest BCUT2D eigenvalue weighted by atomic mass is 19.4. The molecule has 0 radical (unpaired) electrons. The number of nitrogens with one attached hydrogen (secondary N) is 1. The summed E-state index contributed by atoms with van der Waals surface area (Å²) >= 11 is 0. The molecule has 1 aromatic heterocycles. The van der Waals surface area contributed by atoms with Gasteiger partial charge in [0, 0.05) is 5.92 Å². The average Bonchev–Trinajstić information content (AvgIpc) is 2.57. The molecular weight excluding hydrogens is 237 g/mol. The highest BCUT2D eigenvalue weighted by Gasteiger charge is 2.42. The van der Waals surface area contributed by atoms with Crippen molar-refractivity contribution in [1.82, 2.24) is 10.2 Å². The second-order valence-electron chi connectivity index (χ2n) is 3.98. The van der Waals surface area contributed by atoms with Gasteiger partial charge in [0.2, 0.25) is 0 Å². The molecule has 1 saturated carbocycles. The number of carbonyl (C=O) groups is 1. The Morgan fingerprint density at radius 1 is 1.47 bits per heavy atom. The van der Waals surface area contributed by atoms with Gasteiger partial charge in [-0.15, -0.1) is 0 Å². The molecule has 0 saturated heterocycles. The molecule has 2 rings (SSSR count). The molecule has 17 heavy (non-hydrogen) atoms. The quantitative estimate of drug-likeness (QED) is 0.818. The summed E-state index contributed by atoms with van der Waals surface area (Å²) in [5.41, 5.74) is -1.41. The molecular formula is C10H11F3N2O2. The third kappa shape index (κ3) is 2.01. The van der Waals surface area contributed by atoms with Crippen LogP contribution in [-0.4, -0.2) is 23.3 Å². The minimum absolute atomic E-state index is 0.0484. The highest BCUT2D eigenvalue weighted by molar-refractivity contribution is 5.92. The molecule has 1 fully saturated rings. The predicted molar refractivity (Wildman–Crippen MR) is 51.5 cm³/mol. The number of methoxy groups -OCH3 is 1. The van der Waals surface area contributed by atoms with Crippen LogP contribution in [0.4, 0.5) is 13.2 Å². The standard InChI is InChI=1S/C10H11F3N2O2/c1-17-9(16)6-7(5-3-2-4-5)14-15-8(6)10(11,12)13/h5H,2-4H2,1H3,(H,14,15). The number of halogens is 3. The number of carbonyl (C=O) groups excluding carboxylic acids is 1. The molecule has 1 aromatic rings. The lowest BCUT2D eigenvalue weighted by Gasteiger charge is -2.24. The van der Waals surface area contributed by atoms with E-state index in [1.807, 2.05) is 0 Å². The Morgan fingerprint density at radius 2 is 2.12 bits per heavy atom. The lowest BCUT2D eigenvalue weighted by molar-refractivity contribution is -0.141. The van der Waals surface area contributed by atoms with Crippen molar-refractivity contribution in [2.45, 2.75) is 31.4 Å². The Bertz CT molecular complexity index is 435. The van der Waals surface area contributed by atoms with Crippen LogP contribution in [0.3, 0.4) is 0 Å². The van der Waals surface area contributed by atoms with Gasteiger partial charge in [0.15, 0.2) is 5.69 Å². The second kappa shape index (κ2) is 4.05. The number of H-pyrrole nitrogens is 1. The Labute approximate surface area is 95.1 Å². The molecule has 1 heterocycles. The lowest BCUT2D eigenvalue weighted by Crippen LogP contribution is -2.17. The SMILES string of the molecule is COC(=O)c1c(C(F)(F)F)n[nH]c1C1CCC1. The van der Waals surface area contributed by atoms with Gasteiger partial charge in [-0.2, -0.15) is 18.3 Å². The first-order valence-electron chi connectivity index (χ1n) is 5.19. The van der Waals surface area contributed by atoms with Crippen LogP contribution < -0.4 is 0 Å². The van der Waals surface area contributed by atoms with Gasteiger partial charge < -0.3 is 4.74 Å². The Kier molecular flexibility index (Phi) is 2.84. The fourth-order valence-electron chi connectivity index (χ4n) is 1.86. The van der Waals surface area contributed by atoms with Crippen molar-refractivity contribution >= 4 is 5.97 Å². The first-order chi connectivity index (χ1) is 7.95. The third-order valence-corrected chi connectivity index (χ3v) is 2.97. The minimum Gasteiger partial charge on any atom is -0.465 e. The summed E-state index contributed by atoms with van der Waals surface area (Å²) in [4.78, 5) is 11.4. The van der Waals surface area contributed by atoms with E-state index in [4.69, 9.17) is 0 Å². The van der Waals surface area contributed by atoms with Gasteiger partial charge in [-0.05, 0) is 12.8 Å². The molecule has 94 valence electrons. The largest absolute Gasteiger partial charge is 0.465 e. The normalized spacial score (nSPS) is 16.7. The molecule has 0 unspecified atom stereocenters. The van der Waals surface area contributed by atoms with Crippen molar-refractivity contribution < 1.29 is 22.7 Å². The van der Waals surface area contributed by atoms with Crippen molar-refractivity contribution in [1.29, 1.82) is 0 Å². The first kappa shape index (κ1) is 11.9. The van der Waals surface area contributed by atoms with Crippen LogP contribution in [0.5, 0.6) is 0 Å². The molecule has 1 aliphatic rings. The number of nitrogens with zero attached hydrogens (tertiary/aromatic N) is 1. The van der Waals surface area contributed by atoms with Crippen LogP contribution in [0, 0.1) is 0 Å². The summed E-state index contributed by atoms with van der Waals surface area (Å²) in [6, 6.07) is 0. The summed E-state index contributed by atoms with van der Waals surface area (Å²) in [5.74, 6) is -1.04. The van der Waals surface area contributed by atoms with Crippen LogP contribution in [0.25, 0.3) is 0 Å². The van der Waals surface area contributed by atoms with E-state index in [-0.39, 0.29) is 11.6 Å². The highest BCUT2D eigenvalue weighted by Crippen LogP contribution is 2.40. The molecule has 0 atom stereocenters. The van der Waals surface area contributed by atoms with E-state index in [1.54, 1.807) is 0 Å². The Hall–Kier alpha value is -1.53.